The van der Waals surface area contributed by atoms with Gasteiger partial charge in [-0.15, -0.1) is 0 Å². The summed E-state index contributed by atoms with van der Waals surface area (Å²) in [6, 6.07) is 13.8. The van der Waals surface area contributed by atoms with Crippen LogP contribution in [0, 0.1) is 0 Å². The molecule has 1 amide bonds. The number of anilines is 3. The van der Waals surface area contributed by atoms with Gasteiger partial charge in [0.2, 0.25) is 0 Å². The van der Waals surface area contributed by atoms with Crippen LogP contribution in [-0.4, -0.2) is 19.0 Å². The third-order valence-electron chi connectivity index (χ3n) is 3.81. The molecular formula is C17H19N3O. The summed E-state index contributed by atoms with van der Waals surface area (Å²) in [6.07, 6.45) is 1.00. The summed E-state index contributed by atoms with van der Waals surface area (Å²) in [4.78, 5) is 14.2. The fourth-order valence-corrected chi connectivity index (χ4v) is 2.77. The highest BCUT2D eigenvalue weighted by Crippen LogP contribution is 2.37. The number of nitrogens with two attached hydrogens (primary N) is 1. The van der Waals surface area contributed by atoms with Gasteiger partial charge in [-0.3, -0.25) is 4.79 Å². The van der Waals surface area contributed by atoms with Crippen molar-refractivity contribution in [2.24, 2.45) is 0 Å². The number of benzene rings is 2. The second-order valence-corrected chi connectivity index (χ2v) is 5.16. The first-order chi connectivity index (χ1) is 10.2. The highest BCUT2D eigenvalue weighted by Gasteiger charge is 2.22. The summed E-state index contributed by atoms with van der Waals surface area (Å²) in [5.41, 5.74) is 10.9. The SMILES string of the molecule is CCNC(=O)c1ccc(N)c(N2CCc3ccccc32)c1. The molecule has 0 aromatic heterocycles. The molecule has 108 valence electrons. The van der Waals surface area contributed by atoms with E-state index in [1.54, 1.807) is 12.1 Å². The molecule has 0 saturated carbocycles. The molecule has 0 aliphatic carbocycles. The topological polar surface area (TPSA) is 58.4 Å². The number of nitrogen functional groups attached to an aromatic ring is 1. The Kier molecular flexibility index (Phi) is 3.52. The quantitative estimate of drug-likeness (QED) is 0.850. The molecule has 21 heavy (non-hydrogen) atoms. The number of hydrogen-bond donors (Lipinski definition) is 2. The predicted molar refractivity (Wildman–Crippen MR) is 86.0 cm³/mol. The molecule has 0 fully saturated rings. The lowest BCUT2D eigenvalue weighted by molar-refractivity contribution is 0.0956. The van der Waals surface area contributed by atoms with Crippen molar-refractivity contribution in [3.63, 3.8) is 0 Å². The highest BCUT2D eigenvalue weighted by molar-refractivity contribution is 5.96. The summed E-state index contributed by atoms with van der Waals surface area (Å²) < 4.78 is 0. The number of hydrogen-bond acceptors (Lipinski definition) is 3. The first kappa shape index (κ1) is 13.5. The van der Waals surface area contributed by atoms with Crippen molar-refractivity contribution in [3.05, 3.63) is 53.6 Å². The minimum Gasteiger partial charge on any atom is -0.397 e. The van der Waals surface area contributed by atoms with E-state index < -0.39 is 0 Å². The summed E-state index contributed by atoms with van der Waals surface area (Å²) in [7, 11) is 0. The molecule has 0 bridgehead atoms. The minimum absolute atomic E-state index is 0.0637. The monoisotopic (exact) mass is 281 g/mol. The molecule has 0 unspecified atom stereocenters. The second-order valence-electron chi connectivity index (χ2n) is 5.16. The van der Waals surface area contributed by atoms with Gasteiger partial charge in [-0.05, 0) is 43.2 Å². The molecule has 2 aromatic carbocycles. The maximum Gasteiger partial charge on any atom is 0.251 e. The Bertz CT molecular complexity index is 681. The molecule has 1 aliphatic heterocycles. The lowest BCUT2D eigenvalue weighted by Gasteiger charge is -2.22. The van der Waals surface area contributed by atoms with Gasteiger partial charge >= 0.3 is 0 Å². The zero-order valence-electron chi connectivity index (χ0n) is 12.1. The van der Waals surface area contributed by atoms with E-state index >= 15 is 0 Å². The third-order valence-corrected chi connectivity index (χ3v) is 3.81. The van der Waals surface area contributed by atoms with Gasteiger partial charge in [0.05, 0.1) is 11.4 Å². The van der Waals surface area contributed by atoms with Gasteiger partial charge in [0.1, 0.15) is 0 Å². The van der Waals surface area contributed by atoms with Gasteiger partial charge in [0, 0.05) is 24.3 Å². The van der Waals surface area contributed by atoms with Crippen molar-refractivity contribution in [3.8, 4) is 0 Å². The van der Waals surface area contributed by atoms with Gasteiger partial charge in [-0.2, -0.15) is 0 Å². The number of nitrogens with zero attached hydrogens (tertiary/aromatic N) is 1. The van der Waals surface area contributed by atoms with Crippen molar-refractivity contribution >= 4 is 23.0 Å². The van der Waals surface area contributed by atoms with Crippen molar-refractivity contribution < 1.29 is 4.79 Å². The van der Waals surface area contributed by atoms with Crippen LogP contribution >= 0.6 is 0 Å². The lowest BCUT2D eigenvalue weighted by Crippen LogP contribution is -2.23. The van der Waals surface area contributed by atoms with Crippen LogP contribution < -0.4 is 16.0 Å². The average Bonchev–Trinajstić information content (AvgIpc) is 2.92. The molecule has 3 rings (SSSR count). The van der Waals surface area contributed by atoms with Crippen molar-refractivity contribution in [2.75, 3.05) is 23.7 Å². The molecule has 0 spiro atoms. The van der Waals surface area contributed by atoms with Crippen LogP contribution in [-0.2, 0) is 6.42 Å². The van der Waals surface area contributed by atoms with E-state index in [-0.39, 0.29) is 5.91 Å². The van der Waals surface area contributed by atoms with Crippen LogP contribution in [0.15, 0.2) is 42.5 Å². The zero-order chi connectivity index (χ0) is 14.8. The Morgan fingerprint density at radius 3 is 2.86 bits per heavy atom. The zero-order valence-corrected chi connectivity index (χ0v) is 12.1. The average molecular weight is 281 g/mol. The van der Waals surface area contributed by atoms with E-state index in [2.05, 4.69) is 28.4 Å². The van der Waals surface area contributed by atoms with Crippen molar-refractivity contribution in [1.82, 2.24) is 5.32 Å². The molecule has 3 N–H and O–H groups in total. The maximum absolute atomic E-state index is 12.0. The highest BCUT2D eigenvalue weighted by atomic mass is 16.1. The van der Waals surface area contributed by atoms with Gasteiger partial charge < -0.3 is 16.0 Å². The Morgan fingerprint density at radius 2 is 2.05 bits per heavy atom. The lowest BCUT2D eigenvalue weighted by atomic mass is 10.1. The van der Waals surface area contributed by atoms with Gasteiger partial charge in [-0.1, -0.05) is 18.2 Å². The van der Waals surface area contributed by atoms with Crippen LogP contribution in [0.1, 0.15) is 22.8 Å². The van der Waals surface area contributed by atoms with Gasteiger partial charge in [0.25, 0.3) is 5.91 Å². The molecule has 2 aromatic rings. The number of carbonyl (C=O) groups is 1. The van der Waals surface area contributed by atoms with E-state index in [1.165, 1.54) is 11.3 Å². The normalized spacial score (nSPS) is 13.1. The summed E-state index contributed by atoms with van der Waals surface area (Å²) in [6.45, 7) is 3.42. The number of rotatable bonds is 3. The van der Waals surface area contributed by atoms with E-state index in [4.69, 9.17) is 5.73 Å². The van der Waals surface area contributed by atoms with Gasteiger partial charge in [-0.25, -0.2) is 0 Å². The second kappa shape index (κ2) is 5.48. The fraction of sp³-hybridized carbons (Fsp3) is 0.235. The number of para-hydroxylation sites is 1. The van der Waals surface area contributed by atoms with Crippen molar-refractivity contribution in [2.45, 2.75) is 13.3 Å². The van der Waals surface area contributed by atoms with Crippen LogP contribution in [0.5, 0.6) is 0 Å². The number of nitrogens with one attached hydrogen (secondary N) is 1. The molecule has 4 heteroatoms. The van der Waals surface area contributed by atoms with Crippen molar-refractivity contribution in [1.29, 1.82) is 0 Å². The van der Waals surface area contributed by atoms with Crippen LogP contribution in [0.4, 0.5) is 17.1 Å². The first-order valence-corrected chi connectivity index (χ1v) is 7.24. The van der Waals surface area contributed by atoms with Gasteiger partial charge in [0.15, 0.2) is 0 Å². The fourth-order valence-electron chi connectivity index (χ4n) is 2.77. The van der Waals surface area contributed by atoms with E-state index in [0.717, 1.165) is 18.7 Å². The number of carbonyl (C=O) groups excluding carboxylic acids is 1. The Morgan fingerprint density at radius 1 is 1.24 bits per heavy atom. The first-order valence-electron chi connectivity index (χ1n) is 7.24. The molecule has 0 saturated heterocycles. The molecule has 1 aliphatic rings. The molecular weight excluding hydrogens is 262 g/mol. The summed E-state index contributed by atoms with van der Waals surface area (Å²) in [5, 5.41) is 2.82. The molecule has 1 heterocycles. The Balaban J connectivity index is 1.99. The summed E-state index contributed by atoms with van der Waals surface area (Å²) in [5.74, 6) is -0.0637. The van der Waals surface area contributed by atoms with E-state index in [1.807, 2.05) is 19.1 Å². The predicted octanol–water partition coefficient (Wildman–Crippen LogP) is 2.71. The standard InChI is InChI=1S/C17H19N3O/c1-2-19-17(21)13-7-8-14(18)16(11-13)20-10-9-12-5-3-4-6-15(12)20/h3-8,11H,2,9-10,18H2,1H3,(H,19,21). The number of fused-ring (bicyclic) bond motifs is 1. The smallest absolute Gasteiger partial charge is 0.251 e. The largest absolute Gasteiger partial charge is 0.397 e. The minimum atomic E-state index is -0.0637. The third kappa shape index (κ3) is 2.44. The van der Waals surface area contributed by atoms with Crippen LogP contribution in [0.2, 0.25) is 0 Å². The maximum atomic E-state index is 12.0. The molecule has 0 radical (unpaired) electrons. The van der Waals surface area contributed by atoms with Crippen LogP contribution in [0.3, 0.4) is 0 Å². The molecule has 0 atom stereocenters. The Labute approximate surface area is 124 Å². The molecule has 4 nitrogen and oxygen atoms in total. The van der Waals surface area contributed by atoms with E-state index in [0.29, 0.717) is 17.8 Å². The summed E-state index contributed by atoms with van der Waals surface area (Å²) >= 11 is 0. The number of amides is 1. The Hall–Kier alpha value is -2.49. The van der Waals surface area contributed by atoms with E-state index in [9.17, 15) is 4.79 Å². The van der Waals surface area contributed by atoms with Crippen LogP contribution in [0.25, 0.3) is 0 Å².